The van der Waals surface area contributed by atoms with E-state index in [1.807, 2.05) is 0 Å². The fourth-order valence-electron chi connectivity index (χ4n) is 2.21. The standard InChI is InChI=1S/C17H16N4O4S/c1-11-7-9-18-17(19-11)21-26(23,24)14-5-3-13(4-6-14)20-16(22)15-8-10-25-12(15)2/h3-10H,1-2H3,(H,20,22)(H,18,19,21). The van der Waals surface area contributed by atoms with Gasteiger partial charge in [0.25, 0.3) is 15.9 Å². The first-order chi connectivity index (χ1) is 12.3. The Morgan fingerprint density at radius 3 is 2.42 bits per heavy atom. The van der Waals surface area contributed by atoms with E-state index in [1.54, 1.807) is 26.0 Å². The van der Waals surface area contributed by atoms with Crippen molar-refractivity contribution in [1.29, 1.82) is 0 Å². The van der Waals surface area contributed by atoms with Crippen molar-refractivity contribution >= 4 is 27.6 Å². The average Bonchev–Trinajstić information content (AvgIpc) is 3.01. The summed E-state index contributed by atoms with van der Waals surface area (Å²) in [4.78, 5) is 20.0. The van der Waals surface area contributed by atoms with Gasteiger partial charge in [-0.15, -0.1) is 0 Å². The highest BCUT2D eigenvalue weighted by atomic mass is 32.2. The monoisotopic (exact) mass is 372 g/mol. The molecule has 8 nitrogen and oxygen atoms in total. The molecule has 2 N–H and O–H groups in total. The highest BCUT2D eigenvalue weighted by Crippen LogP contribution is 2.18. The second kappa shape index (κ2) is 6.96. The third-order valence-corrected chi connectivity index (χ3v) is 4.89. The van der Waals surface area contributed by atoms with Crippen LogP contribution in [0.4, 0.5) is 11.6 Å². The van der Waals surface area contributed by atoms with E-state index in [0.717, 1.165) is 0 Å². The number of sulfonamides is 1. The van der Waals surface area contributed by atoms with E-state index in [4.69, 9.17) is 4.42 Å². The zero-order chi connectivity index (χ0) is 18.7. The molecular weight excluding hydrogens is 356 g/mol. The van der Waals surface area contributed by atoms with Crippen molar-refractivity contribution < 1.29 is 17.6 Å². The molecule has 0 radical (unpaired) electrons. The fraction of sp³-hybridized carbons (Fsp3) is 0.118. The molecule has 26 heavy (non-hydrogen) atoms. The Bertz CT molecular complexity index is 1040. The third kappa shape index (κ3) is 3.89. The molecule has 3 rings (SSSR count). The number of benzene rings is 1. The fourth-order valence-corrected chi connectivity index (χ4v) is 3.16. The molecule has 1 amide bonds. The van der Waals surface area contributed by atoms with Gasteiger partial charge in [0, 0.05) is 17.6 Å². The van der Waals surface area contributed by atoms with Crippen LogP contribution in [0.25, 0.3) is 0 Å². The molecule has 9 heteroatoms. The van der Waals surface area contributed by atoms with Gasteiger partial charge >= 0.3 is 0 Å². The largest absolute Gasteiger partial charge is 0.469 e. The molecule has 0 bridgehead atoms. The maximum absolute atomic E-state index is 12.4. The van der Waals surface area contributed by atoms with E-state index >= 15 is 0 Å². The number of hydrogen-bond donors (Lipinski definition) is 2. The Labute approximate surface area is 150 Å². The highest BCUT2D eigenvalue weighted by Gasteiger charge is 2.16. The van der Waals surface area contributed by atoms with Gasteiger partial charge in [-0.2, -0.15) is 0 Å². The van der Waals surface area contributed by atoms with Crippen molar-refractivity contribution in [2.75, 3.05) is 10.0 Å². The number of nitrogens with zero attached hydrogens (tertiary/aromatic N) is 2. The summed E-state index contributed by atoms with van der Waals surface area (Å²) in [7, 11) is -3.83. The van der Waals surface area contributed by atoms with Gasteiger partial charge in [0.2, 0.25) is 5.95 Å². The van der Waals surface area contributed by atoms with Crippen molar-refractivity contribution in [1.82, 2.24) is 9.97 Å². The summed E-state index contributed by atoms with van der Waals surface area (Å²) in [6.07, 6.45) is 2.90. The Kier molecular flexibility index (Phi) is 4.72. The molecule has 3 aromatic rings. The number of hydrogen-bond acceptors (Lipinski definition) is 6. The normalized spacial score (nSPS) is 11.2. The summed E-state index contributed by atoms with van der Waals surface area (Å²) >= 11 is 0. The second-order valence-corrected chi connectivity index (χ2v) is 7.18. The summed E-state index contributed by atoms with van der Waals surface area (Å²) in [6, 6.07) is 9.00. The highest BCUT2D eigenvalue weighted by molar-refractivity contribution is 7.92. The molecule has 0 fully saturated rings. The number of nitrogens with one attached hydrogen (secondary N) is 2. The predicted octanol–water partition coefficient (Wildman–Crippen LogP) is 2.74. The molecule has 0 aliphatic carbocycles. The number of carbonyl (C=O) groups is 1. The van der Waals surface area contributed by atoms with Crippen molar-refractivity contribution in [3.8, 4) is 0 Å². The van der Waals surface area contributed by atoms with Crippen LogP contribution < -0.4 is 10.0 Å². The number of carbonyl (C=O) groups excluding carboxylic acids is 1. The lowest BCUT2D eigenvalue weighted by Crippen LogP contribution is -2.16. The quantitative estimate of drug-likeness (QED) is 0.712. The van der Waals surface area contributed by atoms with Crippen LogP contribution in [0.1, 0.15) is 21.8 Å². The summed E-state index contributed by atoms with van der Waals surface area (Å²) in [6.45, 7) is 3.42. The molecule has 0 saturated carbocycles. The van der Waals surface area contributed by atoms with Crippen molar-refractivity contribution in [2.45, 2.75) is 18.7 Å². The predicted molar refractivity (Wildman–Crippen MR) is 95.4 cm³/mol. The van der Waals surface area contributed by atoms with Crippen LogP contribution in [0, 0.1) is 13.8 Å². The molecule has 2 aromatic heterocycles. The van der Waals surface area contributed by atoms with Crippen LogP contribution in [0.3, 0.4) is 0 Å². The van der Waals surface area contributed by atoms with Gasteiger partial charge in [-0.1, -0.05) is 0 Å². The van der Waals surface area contributed by atoms with E-state index in [2.05, 4.69) is 20.0 Å². The third-order valence-electron chi connectivity index (χ3n) is 3.55. The van der Waals surface area contributed by atoms with Crippen molar-refractivity contribution in [3.05, 3.63) is 65.9 Å². The number of amides is 1. The number of furan rings is 1. The van der Waals surface area contributed by atoms with Crippen LogP contribution in [0.2, 0.25) is 0 Å². The van der Waals surface area contributed by atoms with Crippen molar-refractivity contribution in [2.24, 2.45) is 0 Å². The van der Waals surface area contributed by atoms with Gasteiger partial charge in [0.05, 0.1) is 16.7 Å². The first-order valence-corrected chi connectivity index (χ1v) is 9.11. The smallest absolute Gasteiger partial charge is 0.264 e. The topological polar surface area (TPSA) is 114 Å². The van der Waals surface area contributed by atoms with Crippen LogP contribution in [0.15, 0.2) is 58.2 Å². The number of anilines is 2. The summed E-state index contributed by atoms with van der Waals surface area (Å²) in [5.41, 5.74) is 1.52. The van der Waals surface area contributed by atoms with Crippen molar-refractivity contribution in [3.63, 3.8) is 0 Å². The molecule has 134 valence electrons. The first-order valence-electron chi connectivity index (χ1n) is 7.63. The van der Waals surface area contributed by atoms with Crippen LogP contribution in [0.5, 0.6) is 0 Å². The van der Waals surface area contributed by atoms with Gasteiger partial charge < -0.3 is 9.73 Å². The first kappa shape index (κ1) is 17.6. The Morgan fingerprint density at radius 1 is 1.08 bits per heavy atom. The lowest BCUT2D eigenvalue weighted by molar-refractivity contribution is 0.102. The second-order valence-electron chi connectivity index (χ2n) is 5.50. The number of aromatic nitrogens is 2. The average molecular weight is 372 g/mol. The lowest BCUT2D eigenvalue weighted by atomic mass is 10.2. The van der Waals surface area contributed by atoms with E-state index in [-0.39, 0.29) is 16.8 Å². The molecule has 1 aromatic carbocycles. The molecule has 0 atom stereocenters. The van der Waals surface area contributed by atoms with E-state index in [1.165, 1.54) is 36.7 Å². The SMILES string of the molecule is Cc1ccnc(NS(=O)(=O)c2ccc(NC(=O)c3ccoc3C)cc2)n1. The zero-order valence-corrected chi connectivity index (χ0v) is 14.9. The van der Waals surface area contributed by atoms with Gasteiger partial charge in [-0.3, -0.25) is 4.79 Å². The minimum absolute atomic E-state index is 0.00203. The van der Waals surface area contributed by atoms with Crippen LogP contribution in [-0.2, 0) is 10.0 Å². The number of aryl methyl sites for hydroxylation is 2. The summed E-state index contributed by atoms with van der Waals surface area (Å²) < 4.78 is 32.2. The van der Waals surface area contributed by atoms with Crippen LogP contribution >= 0.6 is 0 Å². The molecule has 2 heterocycles. The Morgan fingerprint density at radius 2 is 1.81 bits per heavy atom. The Balaban J connectivity index is 1.74. The van der Waals surface area contributed by atoms with Gasteiger partial charge in [-0.05, 0) is 50.2 Å². The minimum Gasteiger partial charge on any atom is -0.469 e. The summed E-state index contributed by atoms with van der Waals surface area (Å²) in [5, 5.41) is 2.68. The Hall–Kier alpha value is -3.20. The molecule has 0 aliphatic heterocycles. The molecule has 0 unspecified atom stereocenters. The molecular formula is C17H16N4O4S. The summed E-state index contributed by atoms with van der Waals surface area (Å²) in [5.74, 6) is 0.167. The van der Waals surface area contributed by atoms with Gasteiger partial charge in [0.15, 0.2) is 0 Å². The molecule has 0 saturated heterocycles. The minimum atomic E-state index is -3.83. The lowest BCUT2D eigenvalue weighted by Gasteiger charge is -2.08. The molecule has 0 aliphatic rings. The maximum Gasteiger partial charge on any atom is 0.264 e. The zero-order valence-electron chi connectivity index (χ0n) is 14.1. The van der Waals surface area contributed by atoms with Gasteiger partial charge in [-0.25, -0.2) is 23.1 Å². The van der Waals surface area contributed by atoms with E-state index in [9.17, 15) is 13.2 Å². The van der Waals surface area contributed by atoms with Gasteiger partial charge in [0.1, 0.15) is 5.76 Å². The molecule has 0 spiro atoms. The number of rotatable bonds is 5. The van der Waals surface area contributed by atoms with E-state index < -0.39 is 10.0 Å². The van der Waals surface area contributed by atoms with Crippen LogP contribution in [-0.4, -0.2) is 24.3 Å². The van der Waals surface area contributed by atoms with E-state index in [0.29, 0.717) is 22.7 Å². The maximum atomic E-state index is 12.4.